The summed E-state index contributed by atoms with van der Waals surface area (Å²) in [6, 6.07) is 14.3. The number of hydrogen-bond acceptors (Lipinski definition) is 5. The van der Waals surface area contributed by atoms with Crippen molar-refractivity contribution < 1.29 is 14.3 Å². The van der Waals surface area contributed by atoms with Crippen molar-refractivity contribution in [2.45, 2.75) is 51.0 Å². The summed E-state index contributed by atoms with van der Waals surface area (Å²) in [4.78, 5) is 13.9. The molecular weight excluding hydrogens is 402 g/mol. The van der Waals surface area contributed by atoms with Crippen molar-refractivity contribution in [3.8, 4) is 17.2 Å². The molecule has 0 N–H and O–H groups in total. The zero-order valence-corrected chi connectivity index (χ0v) is 18.7. The van der Waals surface area contributed by atoms with Crippen LogP contribution in [0.4, 0.5) is 0 Å². The highest BCUT2D eigenvalue weighted by Crippen LogP contribution is 2.43. The Balaban J connectivity index is 1.60. The van der Waals surface area contributed by atoms with Crippen molar-refractivity contribution in [2.24, 2.45) is 5.10 Å². The Morgan fingerprint density at radius 1 is 1.12 bits per heavy atom. The molecule has 5 rings (SSSR count). The van der Waals surface area contributed by atoms with Crippen LogP contribution >= 0.6 is 0 Å². The Labute approximate surface area is 188 Å². The quantitative estimate of drug-likeness (QED) is 0.385. The second kappa shape index (κ2) is 8.81. The first kappa shape index (κ1) is 20.8. The van der Waals surface area contributed by atoms with Crippen LogP contribution in [0, 0.1) is 0 Å². The first-order chi connectivity index (χ1) is 15.7. The Morgan fingerprint density at radius 3 is 2.75 bits per heavy atom. The van der Waals surface area contributed by atoms with E-state index in [1.807, 2.05) is 36.4 Å². The molecule has 0 bridgehead atoms. The molecule has 2 aromatic carbocycles. The van der Waals surface area contributed by atoms with Gasteiger partial charge in [0.05, 0.1) is 12.6 Å². The summed E-state index contributed by atoms with van der Waals surface area (Å²) in [6.07, 6.45) is 7.44. The van der Waals surface area contributed by atoms with Gasteiger partial charge >= 0.3 is 0 Å². The molecule has 3 heterocycles. The zero-order chi connectivity index (χ0) is 22.1. The molecule has 0 saturated carbocycles. The number of ether oxygens (including phenoxy) is 2. The van der Waals surface area contributed by atoms with Gasteiger partial charge in [0.2, 0.25) is 0 Å². The molecule has 2 aliphatic heterocycles. The number of carbonyl (C=O) groups excluding carboxylic acids is 1. The first-order valence-electron chi connectivity index (χ1n) is 11.5. The van der Waals surface area contributed by atoms with E-state index >= 15 is 0 Å². The van der Waals surface area contributed by atoms with Crippen LogP contribution < -0.4 is 9.47 Å². The van der Waals surface area contributed by atoms with Gasteiger partial charge in [0.1, 0.15) is 5.75 Å². The molecule has 0 spiro atoms. The number of rotatable bonds is 6. The van der Waals surface area contributed by atoms with Crippen LogP contribution in [0.1, 0.15) is 49.8 Å². The normalized spacial score (nSPS) is 20.7. The van der Waals surface area contributed by atoms with Crippen molar-refractivity contribution in [3.63, 3.8) is 0 Å². The van der Waals surface area contributed by atoms with Gasteiger partial charge < -0.3 is 14.4 Å². The summed E-state index contributed by atoms with van der Waals surface area (Å²) in [7, 11) is 1.64. The number of para-hydroxylation sites is 2. The third kappa shape index (κ3) is 3.60. The second-order valence-electron chi connectivity index (χ2n) is 8.70. The number of isocyanates is 1. The van der Waals surface area contributed by atoms with Gasteiger partial charge in [-0.1, -0.05) is 24.2 Å². The van der Waals surface area contributed by atoms with Crippen LogP contribution in [0.2, 0.25) is 0 Å². The minimum absolute atomic E-state index is 0.455. The van der Waals surface area contributed by atoms with E-state index in [-0.39, 0.29) is 0 Å². The van der Waals surface area contributed by atoms with Crippen LogP contribution in [-0.2, 0) is 11.2 Å². The largest absolute Gasteiger partial charge is 0.493 e. The van der Waals surface area contributed by atoms with Gasteiger partial charge in [0, 0.05) is 17.1 Å². The molecule has 32 heavy (non-hydrogen) atoms. The predicted octanol–water partition coefficient (Wildman–Crippen LogP) is 5.45. The molecule has 2 atom stereocenters. The van der Waals surface area contributed by atoms with Crippen molar-refractivity contribution in [3.05, 3.63) is 53.7 Å². The summed E-state index contributed by atoms with van der Waals surface area (Å²) in [5.74, 6) is 2.57. The van der Waals surface area contributed by atoms with Crippen LogP contribution in [0.25, 0.3) is 10.9 Å². The topological polar surface area (TPSA) is 56.1 Å². The van der Waals surface area contributed by atoms with Crippen molar-refractivity contribution in [1.82, 2.24) is 9.58 Å². The summed E-state index contributed by atoms with van der Waals surface area (Å²) in [5.41, 5.74) is 3.36. The highest BCUT2D eigenvalue weighted by molar-refractivity contribution is 5.88. The van der Waals surface area contributed by atoms with Crippen LogP contribution in [0.15, 0.2) is 47.6 Å². The lowest BCUT2D eigenvalue weighted by Gasteiger charge is -2.35. The van der Waals surface area contributed by atoms with Crippen molar-refractivity contribution in [2.75, 3.05) is 20.2 Å². The molecule has 0 amide bonds. The van der Waals surface area contributed by atoms with Gasteiger partial charge in [0.15, 0.2) is 11.5 Å². The summed E-state index contributed by atoms with van der Waals surface area (Å²) < 4.78 is 13.4. The molecule has 0 radical (unpaired) electrons. The average molecular weight is 432 g/mol. The van der Waals surface area contributed by atoms with Gasteiger partial charge in [-0.3, -0.25) is 0 Å². The maximum absolute atomic E-state index is 11.2. The molecule has 2 aliphatic rings. The maximum Gasteiger partial charge on any atom is 0.258 e. The standard InChI is InChI=1S/C26H29N3O3/c1-3-22-26(18-12-14-28-13-6-7-19(28)15-18)21-16-20(10-11-23(21)29(22)27-17-30)32-25-9-5-4-8-24(25)31-2/h4-5,8-11,16,18-19H,3,6-7,12-15H2,1-2H3. The lowest BCUT2D eigenvalue weighted by atomic mass is 9.83. The molecule has 6 heteroatoms. The van der Waals surface area contributed by atoms with E-state index < -0.39 is 0 Å². The Kier molecular flexibility index (Phi) is 5.73. The lowest BCUT2D eigenvalue weighted by molar-refractivity contribution is 0.181. The zero-order valence-electron chi connectivity index (χ0n) is 18.7. The second-order valence-corrected chi connectivity index (χ2v) is 8.70. The summed E-state index contributed by atoms with van der Waals surface area (Å²) >= 11 is 0. The van der Waals surface area contributed by atoms with Gasteiger partial charge in [-0.05, 0) is 87.0 Å². The van der Waals surface area contributed by atoms with Crippen LogP contribution in [0.3, 0.4) is 0 Å². The highest BCUT2D eigenvalue weighted by atomic mass is 16.5. The van der Waals surface area contributed by atoms with E-state index in [4.69, 9.17) is 9.47 Å². The number of hydrogen-bond donors (Lipinski definition) is 0. The predicted molar refractivity (Wildman–Crippen MR) is 124 cm³/mol. The average Bonchev–Trinajstić information content (AvgIpc) is 3.41. The van der Waals surface area contributed by atoms with Crippen LogP contribution in [0.5, 0.6) is 17.2 Å². The minimum Gasteiger partial charge on any atom is -0.493 e. The number of fused-ring (bicyclic) bond motifs is 2. The van der Waals surface area contributed by atoms with Gasteiger partial charge in [-0.25, -0.2) is 9.47 Å². The SMILES string of the molecule is CCc1c(C2CCN3CCCC3C2)c2cc(Oc3ccccc3OC)ccc2n1N=C=O. The number of nitrogens with zero attached hydrogens (tertiary/aromatic N) is 3. The molecule has 0 aliphatic carbocycles. The molecule has 3 aromatic rings. The number of benzene rings is 2. The molecule has 1 aromatic heterocycles. The van der Waals surface area contributed by atoms with E-state index in [0.717, 1.165) is 48.2 Å². The number of aromatic nitrogens is 1. The fourth-order valence-corrected chi connectivity index (χ4v) is 5.66. The maximum atomic E-state index is 11.2. The minimum atomic E-state index is 0.455. The van der Waals surface area contributed by atoms with Gasteiger partial charge in [0.25, 0.3) is 6.08 Å². The Morgan fingerprint density at radius 2 is 1.97 bits per heavy atom. The molecule has 2 fully saturated rings. The van der Waals surface area contributed by atoms with E-state index in [9.17, 15) is 4.79 Å². The molecule has 2 unspecified atom stereocenters. The summed E-state index contributed by atoms with van der Waals surface area (Å²) in [5, 5.41) is 5.18. The fraction of sp³-hybridized carbons (Fsp3) is 0.423. The number of piperidine rings is 1. The monoisotopic (exact) mass is 431 g/mol. The third-order valence-electron chi connectivity index (χ3n) is 7.05. The smallest absolute Gasteiger partial charge is 0.258 e. The molecular formula is C26H29N3O3. The van der Waals surface area contributed by atoms with E-state index in [2.05, 4.69) is 23.0 Å². The van der Waals surface area contributed by atoms with Gasteiger partial charge in [-0.15, -0.1) is 0 Å². The van der Waals surface area contributed by atoms with Crippen molar-refractivity contribution >= 4 is 17.0 Å². The third-order valence-corrected chi connectivity index (χ3v) is 7.05. The number of methoxy groups -OCH3 is 1. The van der Waals surface area contributed by atoms with Gasteiger partial charge in [-0.2, -0.15) is 0 Å². The van der Waals surface area contributed by atoms with Crippen LogP contribution in [-0.4, -0.2) is 41.9 Å². The lowest BCUT2D eigenvalue weighted by Crippen LogP contribution is -2.37. The molecule has 6 nitrogen and oxygen atoms in total. The first-order valence-corrected chi connectivity index (χ1v) is 11.5. The Bertz CT molecular complexity index is 1180. The fourth-order valence-electron chi connectivity index (χ4n) is 5.66. The highest BCUT2D eigenvalue weighted by Gasteiger charge is 2.35. The molecule has 2 saturated heterocycles. The summed E-state index contributed by atoms with van der Waals surface area (Å²) in [6.45, 7) is 4.50. The van der Waals surface area contributed by atoms with Crippen molar-refractivity contribution in [1.29, 1.82) is 0 Å². The van der Waals surface area contributed by atoms with E-state index in [0.29, 0.717) is 23.5 Å². The van der Waals surface area contributed by atoms with E-state index in [1.165, 1.54) is 24.9 Å². The Hall–Kier alpha value is -3.08. The van der Waals surface area contributed by atoms with E-state index in [1.54, 1.807) is 17.9 Å². The molecule has 166 valence electrons.